The van der Waals surface area contributed by atoms with Crippen LogP contribution in [0.25, 0.3) is 5.70 Å². The smallest absolute Gasteiger partial charge is 0.333 e. The maximum Gasteiger partial charge on any atom is 0.333 e. The van der Waals surface area contributed by atoms with Crippen LogP contribution in [0.2, 0.25) is 0 Å². The van der Waals surface area contributed by atoms with E-state index < -0.39 is 12.1 Å². The van der Waals surface area contributed by atoms with Crippen LogP contribution < -0.4 is 10.7 Å². The highest BCUT2D eigenvalue weighted by Crippen LogP contribution is 2.49. The van der Waals surface area contributed by atoms with E-state index in [4.69, 9.17) is 4.74 Å². The molecular formula is C27H31N7O4S. The Hall–Kier alpha value is -3.45. The number of nitrogens with one attached hydrogen (secondary N) is 2. The van der Waals surface area contributed by atoms with E-state index in [9.17, 15) is 14.4 Å². The van der Waals surface area contributed by atoms with Crippen molar-refractivity contribution in [2.45, 2.75) is 19.4 Å². The fourth-order valence-electron chi connectivity index (χ4n) is 5.47. The van der Waals surface area contributed by atoms with Gasteiger partial charge in [-0.05, 0) is 43.3 Å². The molecule has 0 saturated carbocycles. The Labute approximate surface area is 230 Å². The van der Waals surface area contributed by atoms with Gasteiger partial charge >= 0.3 is 6.03 Å². The topological polar surface area (TPSA) is 119 Å². The van der Waals surface area contributed by atoms with E-state index in [-0.39, 0.29) is 11.7 Å². The van der Waals surface area contributed by atoms with Gasteiger partial charge in [0.1, 0.15) is 11.7 Å². The van der Waals surface area contributed by atoms with Crippen LogP contribution in [-0.4, -0.2) is 91.6 Å². The molecule has 1 aromatic carbocycles. The molecule has 0 radical (unpaired) electrons. The van der Waals surface area contributed by atoms with Crippen LogP contribution in [0.4, 0.5) is 10.5 Å². The molecule has 1 atom stereocenters. The van der Waals surface area contributed by atoms with Crippen LogP contribution in [0, 0.1) is 0 Å². The standard InChI is InChI=1S/C27H31N7O4S/c1-2-32-9-4-10-33(12-11-32)26(36)20-8-7-19(39-20)24-22-23(29-30-24)17-5-3-6-18(21(17)25(22)35)28-27(37)31-34-13-15-38-16-14-34/h3,5-8,23H,2,4,9-16H2,1H3,(H2,28,31,37). The average Bonchev–Trinajstić information content (AvgIpc) is 3.61. The summed E-state index contributed by atoms with van der Waals surface area (Å²) in [6.45, 7) is 8.74. The number of hydrazine groups is 1. The summed E-state index contributed by atoms with van der Waals surface area (Å²) in [6, 6.07) is 8.10. The normalized spacial score (nSPS) is 21.6. The number of rotatable bonds is 5. The van der Waals surface area contributed by atoms with E-state index in [1.54, 1.807) is 17.1 Å². The summed E-state index contributed by atoms with van der Waals surface area (Å²) in [5.74, 6) is -0.189. The molecule has 6 rings (SSSR count). The van der Waals surface area contributed by atoms with Crippen molar-refractivity contribution in [2.75, 3.05) is 64.3 Å². The number of nitrogens with zero attached hydrogens (tertiary/aromatic N) is 5. The second-order valence-electron chi connectivity index (χ2n) is 9.89. The molecule has 1 aliphatic carbocycles. The zero-order valence-corrected chi connectivity index (χ0v) is 22.6. The molecule has 2 N–H and O–H groups in total. The highest BCUT2D eigenvalue weighted by atomic mass is 32.1. The Morgan fingerprint density at radius 3 is 2.74 bits per heavy atom. The molecule has 3 amide bonds. The molecule has 2 aromatic rings. The summed E-state index contributed by atoms with van der Waals surface area (Å²) in [6.07, 6.45) is 0.955. The van der Waals surface area contributed by atoms with Crippen molar-refractivity contribution in [1.82, 2.24) is 20.2 Å². The van der Waals surface area contributed by atoms with E-state index >= 15 is 0 Å². The fraction of sp³-hybridized carbons (Fsp3) is 0.444. The van der Waals surface area contributed by atoms with E-state index in [0.29, 0.717) is 60.2 Å². The first-order chi connectivity index (χ1) is 19.0. The average molecular weight is 550 g/mol. The SMILES string of the molecule is CCN1CCCN(C(=O)c2ccc(C3=C4C(=O)c5c(NC(=O)NN6CCOCC6)cccc5C4N=N3)s2)CC1. The number of ketones is 1. The molecule has 4 heterocycles. The quantitative estimate of drug-likeness (QED) is 0.590. The third kappa shape index (κ3) is 5.00. The van der Waals surface area contributed by atoms with Gasteiger partial charge in [0, 0.05) is 32.7 Å². The molecule has 11 nitrogen and oxygen atoms in total. The largest absolute Gasteiger partial charge is 0.379 e. The number of morpholine rings is 1. The zero-order valence-electron chi connectivity index (χ0n) is 21.8. The van der Waals surface area contributed by atoms with Crippen LogP contribution in [0.3, 0.4) is 0 Å². The van der Waals surface area contributed by atoms with E-state index in [2.05, 4.69) is 32.8 Å². The van der Waals surface area contributed by atoms with Gasteiger partial charge in [-0.3, -0.25) is 15.0 Å². The van der Waals surface area contributed by atoms with E-state index in [1.807, 2.05) is 23.1 Å². The van der Waals surface area contributed by atoms with Gasteiger partial charge < -0.3 is 19.9 Å². The van der Waals surface area contributed by atoms with Crippen LogP contribution in [0.1, 0.15) is 49.9 Å². The molecule has 3 aliphatic heterocycles. The molecule has 39 heavy (non-hydrogen) atoms. The van der Waals surface area contributed by atoms with Crippen molar-refractivity contribution in [3.63, 3.8) is 0 Å². The minimum atomic E-state index is -0.515. The first-order valence-electron chi connectivity index (χ1n) is 13.4. The lowest BCUT2D eigenvalue weighted by Crippen LogP contribution is -2.49. The molecule has 0 bridgehead atoms. The first-order valence-corrected chi connectivity index (χ1v) is 14.2. The number of amides is 3. The van der Waals surface area contributed by atoms with Gasteiger partial charge in [-0.15, -0.1) is 11.3 Å². The van der Waals surface area contributed by atoms with Gasteiger partial charge in [-0.25, -0.2) is 9.80 Å². The van der Waals surface area contributed by atoms with Gasteiger partial charge in [0.15, 0.2) is 5.78 Å². The number of benzene rings is 1. The fourth-order valence-corrected chi connectivity index (χ4v) is 6.45. The zero-order chi connectivity index (χ0) is 26.9. The minimum absolute atomic E-state index is 0.0140. The minimum Gasteiger partial charge on any atom is -0.379 e. The molecule has 2 saturated heterocycles. The lowest BCUT2D eigenvalue weighted by Gasteiger charge is -2.27. The number of anilines is 1. The second-order valence-corrected chi connectivity index (χ2v) is 11.0. The predicted molar refractivity (Wildman–Crippen MR) is 147 cm³/mol. The summed E-state index contributed by atoms with van der Waals surface area (Å²) >= 11 is 1.35. The van der Waals surface area contributed by atoms with E-state index in [1.165, 1.54) is 11.3 Å². The molecular weight excluding hydrogens is 518 g/mol. The predicted octanol–water partition coefficient (Wildman–Crippen LogP) is 3.40. The number of carbonyl (C=O) groups is 3. The van der Waals surface area contributed by atoms with Gasteiger partial charge in [0.2, 0.25) is 0 Å². The number of ether oxygens (including phenoxy) is 1. The monoisotopic (exact) mass is 549 g/mol. The van der Waals surface area contributed by atoms with Crippen molar-refractivity contribution in [1.29, 1.82) is 0 Å². The van der Waals surface area contributed by atoms with Gasteiger partial charge in [0.05, 0.1) is 39.8 Å². The number of urea groups is 1. The number of hydrogen-bond acceptors (Lipinski definition) is 9. The van der Waals surface area contributed by atoms with Gasteiger partial charge in [-0.1, -0.05) is 19.1 Å². The molecule has 204 valence electrons. The van der Waals surface area contributed by atoms with Crippen molar-refractivity contribution in [3.05, 3.63) is 56.8 Å². The number of azo groups is 1. The summed E-state index contributed by atoms with van der Waals surface area (Å²) in [7, 11) is 0. The Morgan fingerprint density at radius 2 is 1.92 bits per heavy atom. The lowest BCUT2D eigenvalue weighted by atomic mass is 10.1. The highest BCUT2D eigenvalue weighted by Gasteiger charge is 2.42. The number of fused-ring (bicyclic) bond motifs is 3. The number of hydrogen-bond donors (Lipinski definition) is 2. The van der Waals surface area contributed by atoms with Gasteiger partial charge in [0.25, 0.3) is 5.91 Å². The Kier molecular flexibility index (Phi) is 7.26. The number of thiophene rings is 1. The molecule has 12 heteroatoms. The maximum absolute atomic E-state index is 13.7. The molecule has 1 unspecified atom stereocenters. The van der Waals surface area contributed by atoms with Crippen LogP contribution in [0.5, 0.6) is 0 Å². The molecule has 1 aromatic heterocycles. The number of likely N-dealkylation sites (N-methyl/N-ethyl adjacent to an activating group) is 1. The first kappa shape index (κ1) is 25.8. The molecule has 2 fully saturated rings. The number of carbonyl (C=O) groups excluding carboxylic acids is 3. The summed E-state index contributed by atoms with van der Waals surface area (Å²) < 4.78 is 5.32. The molecule has 0 spiro atoms. The maximum atomic E-state index is 13.7. The van der Waals surface area contributed by atoms with Crippen LogP contribution >= 0.6 is 11.3 Å². The highest BCUT2D eigenvalue weighted by molar-refractivity contribution is 7.15. The third-order valence-corrected chi connectivity index (χ3v) is 8.64. The lowest BCUT2D eigenvalue weighted by molar-refractivity contribution is 0.0207. The van der Waals surface area contributed by atoms with E-state index in [0.717, 1.165) is 43.0 Å². The Morgan fingerprint density at radius 1 is 1.08 bits per heavy atom. The van der Waals surface area contributed by atoms with Gasteiger partial charge in [-0.2, -0.15) is 10.2 Å². The third-order valence-electron chi connectivity index (χ3n) is 7.56. The summed E-state index contributed by atoms with van der Waals surface area (Å²) in [5, 5.41) is 13.4. The number of Topliss-reactive ketones (excluding diaryl/α,β-unsaturated/α-hetero) is 1. The summed E-state index contributed by atoms with van der Waals surface area (Å²) in [5.41, 5.74) is 5.39. The van der Waals surface area contributed by atoms with Crippen molar-refractivity contribution in [3.8, 4) is 0 Å². The van der Waals surface area contributed by atoms with Crippen LogP contribution in [0.15, 0.2) is 46.1 Å². The second kappa shape index (κ2) is 11.0. The van der Waals surface area contributed by atoms with Crippen molar-refractivity contribution in [2.24, 2.45) is 10.2 Å². The Bertz CT molecular complexity index is 1360. The van der Waals surface area contributed by atoms with Crippen molar-refractivity contribution < 1.29 is 19.1 Å². The van der Waals surface area contributed by atoms with Crippen molar-refractivity contribution >= 4 is 40.4 Å². The molecule has 4 aliphatic rings. The summed E-state index contributed by atoms with van der Waals surface area (Å²) in [4.78, 5) is 45.3. The Balaban J connectivity index is 1.21. The van der Waals surface area contributed by atoms with Crippen LogP contribution in [-0.2, 0) is 4.74 Å².